The molecule has 0 bridgehead atoms. The number of likely N-dealkylation sites (tertiary alicyclic amines) is 1. The van der Waals surface area contributed by atoms with Crippen molar-refractivity contribution in [3.63, 3.8) is 0 Å². The largest absolute Gasteiger partial charge is 0.493 e. The molecule has 2 amide bonds. The summed E-state index contributed by atoms with van der Waals surface area (Å²) in [4.78, 5) is 42.5. The fourth-order valence-corrected chi connectivity index (χ4v) is 4.07. The van der Waals surface area contributed by atoms with Crippen molar-refractivity contribution < 1.29 is 28.2 Å². The number of nitrogens with one attached hydrogen (secondary N) is 1. The highest BCUT2D eigenvalue weighted by Crippen LogP contribution is 2.26. The summed E-state index contributed by atoms with van der Waals surface area (Å²) in [6.07, 6.45) is 6.62. The van der Waals surface area contributed by atoms with Crippen LogP contribution in [0.1, 0.15) is 24.0 Å². The van der Waals surface area contributed by atoms with Crippen LogP contribution >= 0.6 is 0 Å². The summed E-state index contributed by atoms with van der Waals surface area (Å²) in [6.45, 7) is 1.80. The quantitative estimate of drug-likeness (QED) is 0.399. The minimum absolute atomic E-state index is 0.0867. The van der Waals surface area contributed by atoms with Crippen molar-refractivity contribution in [1.82, 2.24) is 9.88 Å². The summed E-state index contributed by atoms with van der Waals surface area (Å²) < 4.78 is 23.4. The van der Waals surface area contributed by atoms with Gasteiger partial charge in [0.2, 0.25) is 11.8 Å². The predicted molar refractivity (Wildman–Crippen MR) is 122 cm³/mol. The van der Waals surface area contributed by atoms with Crippen LogP contribution in [0.15, 0.2) is 42.6 Å². The second kappa shape index (κ2) is 10.5. The highest BCUT2D eigenvalue weighted by atomic mass is 19.1. The molecule has 9 heteroatoms. The summed E-state index contributed by atoms with van der Waals surface area (Å²) in [5, 5.41) is 2.62. The lowest BCUT2D eigenvalue weighted by atomic mass is 9.94. The standard InChI is InChI=1S/C25H26FN3O5/c1-33-25(32)21-13-18-12-17(14-27-23(18)28-24(21)31)2-7-22(30)29-10-8-16(9-11-29)15-34-20-5-3-19(26)4-6-20/h2-7,12,14,16,21H,8-11,13,15H2,1H3,(H,27,28,31)/b7-2+. The number of halogens is 1. The van der Waals surface area contributed by atoms with Crippen molar-refractivity contribution in [3.05, 3.63) is 59.5 Å². The molecule has 4 rings (SSSR count). The molecular weight excluding hydrogens is 441 g/mol. The van der Waals surface area contributed by atoms with Crippen LogP contribution in [0, 0.1) is 17.7 Å². The highest BCUT2D eigenvalue weighted by molar-refractivity contribution is 6.06. The molecule has 2 aromatic rings. The van der Waals surface area contributed by atoms with Crippen molar-refractivity contribution >= 4 is 29.7 Å². The third kappa shape index (κ3) is 5.59. The van der Waals surface area contributed by atoms with Crippen molar-refractivity contribution in [2.75, 3.05) is 32.1 Å². The first-order valence-electron chi connectivity index (χ1n) is 11.2. The molecule has 1 aromatic heterocycles. The van der Waals surface area contributed by atoms with Gasteiger partial charge in [0.1, 0.15) is 23.3 Å². The van der Waals surface area contributed by atoms with Gasteiger partial charge < -0.3 is 19.7 Å². The average Bonchev–Trinajstić information content (AvgIpc) is 2.86. The van der Waals surface area contributed by atoms with Gasteiger partial charge >= 0.3 is 5.97 Å². The molecule has 1 aromatic carbocycles. The molecule has 0 saturated carbocycles. The number of hydrogen-bond acceptors (Lipinski definition) is 6. The van der Waals surface area contributed by atoms with Crippen LogP contribution in [-0.4, -0.2) is 54.5 Å². The van der Waals surface area contributed by atoms with E-state index in [9.17, 15) is 18.8 Å². The second-order valence-corrected chi connectivity index (χ2v) is 8.41. The fraction of sp³-hybridized carbons (Fsp3) is 0.360. The van der Waals surface area contributed by atoms with Crippen molar-refractivity contribution in [3.8, 4) is 5.75 Å². The molecule has 0 aliphatic carbocycles. The maximum atomic E-state index is 13.0. The lowest BCUT2D eigenvalue weighted by molar-refractivity contribution is -0.148. The summed E-state index contributed by atoms with van der Waals surface area (Å²) in [7, 11) is 1.25. The molecule has 0 radical (unpaired) electrons. The molecule has 1 N–H and O–H groups in total. The third-order valence-corrected chi connectivity index (χ3v) is 6.10. The summed E-state index contributed by atoms with van der Waals surface area (Å²) in [6, 6.07) is 7.76. The number of methoxy groups -OCH3 is 1. The van der Waals surface area contributed by atoms with Gasteiger partial charge in [-0.05, 0) is 72.7 Å². The van der Waals surface area contributed by atoms with Gasteiger partial charge in [0.05, 0.1) is 13.7 Å². The number of anilines is 1. The number of piperidine rings is 1. The van der Waals surface area contributed by atoms with E-state index in [2.05, 4.69) is 10.3 Å². The minimum Gasteiger partial charge on any atom is -0.493 e. The van der Waals surface area contributed by atoms with E-state index in [1.165, 1.54) is 25.3 Å². The number of pyridine rings is 1. The summed E-state index contributed by atoms with van der Waals surface area (Å²) in [5.74, 6) is -0.929. The number of ether oxygens (including phenoxy) is 2. The molecule has 2 aliphatic heterocycles. The normalized spacial score (nSPS) is 18.4. The zero-order chi connectivity index (χ0) is 24.1. The number of hydrogen-bond donors (Lipinski definition) is 1. The smallest absolute Gasteiger partial charge is 0.318 e. The van der Waals surface area contributed by atoms with Gasteiger partial charge in [-0.3, -0.25) is 14.4 Å². The van der Waals surface area contributed by atoms with Crippen molar-refractivity contribution in [2.45, 2.75) is 19.3 Å². The maximum absolute atomic E-state index is 13.0. The van der Waals surface area contributed by atoms with Gasteiger partial charge in [-0.25, -0.2) is 9.37 Å². The Hall–Kier alpha value is -3.75. The molecule has 34 heavy (non-hydrogen) atoms. The van der Waals surface area contributed by atoms with Crippen LogP contribution in [0.2, 0.25) is 0 Å². The lowest BCUT2D eigenvalue weighted by Crippen LogP contribution is -2.38. The average molecular weight is 467 g/mol. The zero-order valence-corrected chi connectivity index (χ0v) is 18.8. The molecular formula is C25H26FN3O5. The van der Waals surface area contributed by atoms with Gasteiger partial charge in [-0.2, -0.15) is 0 Å². The topological polar surface area (TPSA) is 97.8 Å². The van der Waals surface area contributed by atoms with Crippen LogP contribution in [0.3, 0.4) is 0 Å². The number of carbonyl (C=O) groups excluding carboxylic acids is 3. The van der Waals surface area contributed by atoms with Crippen LogP contribution in [0.5, 0.6) is 5.75 Å². The zero-order valence-electron chi connectivity index (χ0n) is 18.8. The molecule has 1 unspecified atom stereocenters. The Bertz CT molecular complexity index is 1090. The van der Waals surface area contributed by atoms with Gasteiger partial charge in [0, 0.05) is 25.4 Å². The Morgan fingerprint density at radius 3 is 2.68 bits per heavy atom. The number of rotatable bonds is 6. The van der Waals surface area contributed by atoms with Gasteiger partial charge in [0.15, 0.2) is 0 Å². The summed E-state index contributed by atoms with van der Waals surface area (Å²) >= 11 is 0. The molecule has 178 valence electrons. The molecule has 1 fully saturated rings. The molecule has 2 aliphatic rings. The van der Waals surface area contributed by atoms with E-state index in [4.69, 9.17) is 9.47 Å². The maximum Gasteiger partial charge on any atom is 0.318 e. The first kappa shape index (κ1) is 23.4. The van der Waals surface area contributed by atoms with E-state index in [0.29, 0.717) is 48.3 Å². The van der Waals surface area contributed by atoms with Crippen molar-refractivity contribution in [1.29, 1.82) is 0 Å². The molecule has 8 nitrogen and oxygen atoms in total. The second-order valence-electron chi connectivity index (χ2n) is 8.41. The van der Waals surface area contributed by atoms with Crippen molar-refractivity contribution in [2.24, 2.45) is 11.8 Å². The van der Waals surface area contributed by atoms with Crippen LogP contribution in [0.25, 0.3) is 6.08 Å². The van der Waals surface area contributed by atoms with E-state index in [0.717, 1.165) is 12.8 Å². The first-order chi connectivity index (χ1) is 16.4. The Labute approximate surface area is 196 Å². The number of esters is 1. The number of aromatic nitrogens is 1. The predicted octanol–water partition coefficient (Wildman–Crippen LogP) is 2.84. The summed E-state index contributed by atoms with van der Waals surface area (Å²) in [5.41, 5.74) is 1.42. The lowest BCUT2D eigenvalue weighted by Gasteiger charge is -2.31. The van der Waals surface area contributed by atoms with E-state index in [1.807, 2.05) is 0 Å². The number of benzene rings is 1. The number of fused-ring (bicyclic) bond motifs is 1. The number of nitrogens with zero attached hydrogens (tertiary/aromatic N) is 2. The Balaban J connectivity index is 1.28. The Kier molecular flexibility index (Phi) is 7.20. The first-order valence-corrected chi connectivity index (χ1v) is 11.2. The van der Waals surface area contributed by atoms with Gasteiger partial charge in [-0.1, -0.05) is 0 Å². The Morgan fingerprint density at radius 2 is 1.97 bits per heavy atom. The van der Waals surface area contributed by atoms with E-state index in [-0.39, 0.29) is 18.1 Å². The molecule has 3 heterocycles. The van der Waals surface area contributed by atoms with Gasteiger partial charge in [0.25, 0.3) is 0 Å². The molecule has 0 spiro atoms. The van der Waals surface area contributed by atoms with Crippen LogP contribution in [-0.2, 0) is 25.5 Å². The highest BCUT2D eigenvalue weighted by Gasteiger charge is 2.33. The van der Waals surface area contributed by atoms with E-state index < -0.39 is 17.8 Å². The molecule has 1 saturated heterocycles. The SMILES string of the molecule is COC(=O)C1Cc2cc(/C=C/C(=O)N3CCC(COc4ccc(F)cc4)CC3)cnc2NC1=O. The molecule has 1 atom stereocenters. The fourth-order valence-electron chi connectivity index (χ4n) is 4.07. The van der Waals surface area contributed by atoms with E-state index in [1.54, 1.807) is 35.4 Å². The third-order valence-electron chi connectivity index (χ3n) is 6.10. The van der Waals surface area contributed by atoms with Crippen LogP contribution < -0.4 is 10.1 Å². The van der Waals surface area contributed by atoms with Crippen LogP contribution in [0.4, 0.5) is 10.2 Å². The monoisotopic (exact) mass is 467 g/mol. The Morgan fingerprint density at radius 1 is 1.24 bits per heavy atom. The van der Waals surface area contributed by atoms with E-state index >= 15 is 0 Å². The number of carbonyl (C=O) groups is 3. The number of amides is 2. The van der Waals surface area contributed by atoms with Gasteiger partial charge in [-0.15, -0.1) is 0 Å². The minimum atomic E-state index is -0.909.